The van der Waals surface area contributed by atoms with Gasteiger partial charge in [0.05, 0.1) is 6.61 Å². The van der Waals surface area contributed by atoms with Gasteiger partial charge in [-0.1, -0.05) is 12.2 Å². The smallest absolute Gasteiger partial charge is 0.313 e. The molecule has 2 rings (SSSR count). The van der Waals surface area contributed by atoms with Crippen molar-refractivity contribution in [1.82, 2.24) is 0 Å². The second-order valence-electron chi connectivity index (χ2n) is 4.33. The Balaban J connectivity index is 1.87. The standard InChI is InChI=1S/C12H16O3/c1-2-15-12(14)7-11(13)10-6-8-3-4-9(10)5-8/h3-4,8-10H,2,5-7H2,1H3/t8-,9-,10-/m0/s1. The summed E-state index contributed by atoms with van der Waals surface area (Å²) >= 11 is 0. The number of ketones is 1. The number of carbonyl (C=O) groups excluding carboxylic acids is 2. The van der Waals surface area contributed by atoms with Crippen molar-refractivity contribution >= 4 is 11.8 Å². The van der Waals surface area contributed by atoms with Gasteiger partial charge in [-0.15, -0.1) is 0 Å². The van der Waals surface area contributed by atoms with E-state index in [4.69, 9.17) is 4.74 Å². The molecule has 0 heterocycles. The fourth-order valence-corrected chi connectivity index (χ4v) is 2.64. The number of allylic oxidation sites excluding steroid dienone is 2. The fourth-order valence-electron chi connectivity index (χ4n) is 2.64. The molecule has 15 heavy (non-hydrogen) atoms. The van der Waals surface area contributed by atoms with Gasteiger partial charge >= 0.3 is 5.97 Å². The van der Waals surface area contributed by atoms with Crippen LogP contribution in [0.1, 0.15) is 26.2 Å². The molecular formula is C12H16O3. The zero-order valence-electron chi connectivity index (χ0n) is 8.94. The van der Waals surface area contributed by atoms with Crippen LogP contribution in [0.5, 0.6) is 0 Å². The molecule has 0 unspecified atom stereocenters. The molecule has 3 heteroatoms. The van der Waals surface area contributed by atoms with Gasteiger partial charge in [0.1, 0.15) is 12.2 Å². The maximum atomic E-state index is 11.8. The van der Waals surface area contributed by atoms with Gasteiger partial charge in [-0.2, -0.15) is 0 Å². The highest BCUT2D eigenvalue weighted by atomic mass is 16.5. The van der Waals surface area contributed by atoms with Crippen molar-refractivity contribution < 1.29 is 14.3 Å². The molecule has 2 bridgehead atoms. The first kappa shape index (κ1) is 10.4. The van der Waals surface area contributed by atoms with Gasteiger partial charge in [0.25, 0.3) is 0 Å². The lowest BCUT2D eigenvalue weighted by Crippen LogP contribution is -2.22. The first-order valence-corrected chi connectivity index (χ1v) is 5.57. The van der Waals surface area contributed by atoms with E-state index in [1.165, 1.54) is 0 Å². The number of hydrogen-bond donors (Lipinski definition) is 0. The summed E-state index contributed by atoms with van der Waals surface area (Å²) < 4.78 is 4.77. The third-order valence-corrected chi connectivity index (χ3v) is 3.32. The second-order valence-corrected chi connectivity index (χ2v) is 4.33. The summed E-state index contributed by atoms with van der Waals surface area (Å²) in [4.78, 5) is 22.9. The highest BCUT2D eigenvalue weighted by Gasteiger charge is 2.39. The van der Waals surface area contributed by atoms with E-state index in [1.807, 2.05) is 0 Å². The summed E-state index contributed by atoms with van der Waals surface area (Å²) in [5.41, 5.74) is 0. The topological polar surface area (TPSA) is 43.4 Å². The van der Waals surface area contributed by atoms with Crippen molar-refractivity contribution in [3.05, 3.63) is 12.2 Å². The number of carbonyl (C=O) groups is 2. The summed E-state index contributed by atoms with van der Waals surface area (Å²) in [6.07, 6.45) is 6.30. The molecule has 3 nitrogen and oxygen atoms in total. The lowest BCUT2D eigenvalue weighted by Gasteiger charge is -2.15. The van der Waals surface area contributed by atoms with E-state index in [2.05, 4.69) is 12.2 Å². The molecule has 0 spiro atoms. The Morgan fingerprint density at radius 3 is 2.67 bits per heavy atom. The number of ether oxygens (including phenoxy) is 1. The Bertz CT molecular complexity index is 306. The van der Waals surface area contributed by atoms with Crippen LogP contribution in [0.15, 0.2) is 12.2 Å². The van der Waals surface area contributed by atoms with Crippen molar-refractivity contribution in [3.8, 4) is 0 Å². The lowest BCUT2D eigenvalue weighted by atomic mass is 9.88. The number of fused-ring (bicyclic) bond motifs is 2. The number of hydrogen-bond acceptors (Lipinski definition) is 3. The summed E-state index contributed by atoms with van der Waals surface area (Å²) in [6, 6.07) is 0. The summed E-state index contributed by atoms with van der Waals surface area (Å²) in [5.74, 6) is 0.715. The first-order valence-electron chi connectivity index (χ1n) is 5.57. The zero-order chi connectivity index (χ0) is 10.8. The average molecular weight is 208 g/mol. The maximum Gasteiger partial charge on any atom is 0.313 e. The van der Waals surface area contributed by atoms with Gasteiger partial charge in [0, 0.05) is 5.92 Å². The van der Waals surface area contributed by atoms with Crippen LogP contribution in [0.2, 0.25) is 0 Å². The van der Waals surface area contributed by atoms with E-state index >= 15 is 0 Å². The largest absolute Gasteiger partial charge is 0.466 e. The van der Waals surface area contributed by atoms with Crippen molar-refractivity contribution in [2.24, 2.45) is 17.8 Å². The van der Waals surface area contributed by atoms with Crippen LogP contribution in [0.4, 0.5) is 0 Å². The Labute approximate surface area is 89.5 Å². The van der Waals surface area contributed by atoms with Crippen LogP contribution in [0.25, 0.3) is 0 Å². The predicted molar refractivity (Wildman–Crippen MR) is 55.1 cm³/mol. The Kier molecular flexibility index (Phi) is 2.89. The van der Waals surface area contributed by atoms with Crippen LogP contribution in [0.3, 0.4) is 0 Å². The van der Waals surface area contributed by atoms with E-state index in [1.54, 1.807) is 6.92 Å². The molecule has 0 aromatic rings. The molecule has 1 saturated carbocycles. The Morgan fingerprint density at radius 1 is 1.33 bits per heavy atom. The molecule has 2 aliphatic rings. The summed E-state index contributed by atoms with van der Waals surface area (Å²) in [7, 11) is 0. The van der Waals surface area contributed by atoms with Gasteiger partial charge in [-0.3, -0.25) is 9.59 Å². The molecule has 0 aromatic heterocycles. The van der Waals surface area contributed by atoms with Crippen LogP contribution < -0.4 is 0 Å². The van der Waals surface area contributed by atoms with E-state index in [9.17, 15) is 9.59 Å². The molecule has 0 N–H and O–H groups in total. The predicted octanol–water partition coefficient (Wildman–Crippen LogP) is 1.72. The van der Waals surface area contributed by atoms with Crippen molar-refractivity contribution in [3.63, 3.8) is 0 Å². The quantitative estimate of drug-likeness (QED) is 0.401. The van der Waals surface area contributed by atoms with Crippen molar-refractivity contribution in [2.45, 2.75) is 26.2 Å². The molecule has 0 aliphatic heterocycles. The summed E-state index contributed by atoms with van der Waals surface area (Å²) in [6.45, 7) is 2.10. The highest BCUT2D eigenvalue weighted by molar-refractivity contribution is 5.97. The summed E-state index contributed by atoms with van der Waals surface area (Å²) in [5, 5.41) is 0. The Hall–Kier alpha value is -1.12. The Morgan fingerprint density at radius 2 is 2.13 bits per heavy atom. The van der Waals surface area contributed by atoms with Gasteiger partial charge in [-0.05, 0) is 31.6 Å². The molecule has 82 valence electrons. The second kappa shape index (κ2) is 4.17. The van der Waals surface area contributed by atoms with Crippen molar-refractivity contribution in [1.29, 1.82) is 0 Å². The minimum absolute atomic E-state index is 0.0461. The third-order valence-electron chi connectivity index (χ3n) is 3.32. The monoisotopic (exact) mass is 208 g/mol. The van der Waals surface area contributed by atoms with E-state index in [0.717, 1.165) is 12.8 Å². The zero-order valence-corrected chi connectivity index (χ0v) is 8.94. The molecule has 3 atom stereocenters. The van der Waals surface area contributed by atoms with Crippen molar-refractivity contribution in [2.75, 3.05) is 6.61 Å². The number of rotatable bonds is 4. The average Bonchev–Trinajstić information content (AvgIpc) is 2.78. The molecule has 2 aliphatic carbocycles. The first-order chi connectivity index (χ1) is 7.20. The molecule has 1 fully saturated rings. The lowest BCUT2D eigenvalue weighted by molar-refractivity contribution is -0.146. The fraction of sp³-hybridized carbons (Fsp3) is 0.667. The highest BCUT2D eigenvalue weighted by Crippen LogP contribution is 2.44. The maximum absolute atomic E-state index is 11.8. The number of Topliss-reactive ketones (excluding diaryl/α,β-unsaturated/α-hetero) is 1. The van der Waals surface area contributed by atoms with Crippen LogP contribution in [-0.4, -0.2) is 18.4 Å². The molecule has 0 amide bonds. The van der Waals surface area contributed by atoms with E-state index in [-0.39, 0.29) is 24.1 Å². The van der Waals surface area contributed by atoms with Crippen LogP contribution >= 0.6 is 0 Å². The molecule has 0 radical (unpaired) electrons. The number of esters is 1. The van der Waals surface area contributed by atoms with Gasteiger partial charge in [0.2, 0.25) is 0 Å². The minimum Gasteiger partial charge on any atom is -0.466 e. The minimum atomic E-state index is -0.380. The molecular weight excluding hydrogens is 192 g/mol. The van der Waals surface area contributed by atoms with Crippen LogP contribution in [-0.2, 0) is 14.3 Å². The molecule has 0 saturated heterocycles. The normalized spacial score (nSPS) is 31.9. The van der Waals surface area contributed by atoms with Gasteiger partial charge in [0.15, 0.2) is 0 Å². The SMILES string of the molecule is CCOC(=O)CC(=O)[C@H]1C[C@H]2C=C[C@H]1C2. The van der Waals surface area contributed by atoms with Gasteiger partial charge in [-0.25, -0.2) is 0 Å². The van der Waals surface area contributed by atoms with E-state index < -0.39 is 0 Å². The third kappa shape index (κ3) is 2.11. The molecule has 0 aromatic carbocycles. The van der Waals surface area contributed by atoms with Crippen LogP contribution in [0, 0.1) is 17.8 Å². The van der Waals surface area contributed by atoms with E-state index in [0.29, 0.717) is 18.4 Å². The van der Waals surface area contributed by atoms with Gasteiger partial charge < -0.3 is 4.74 Å².